The monoisotopic (exact) mass is 377 g/mol. The Labute approximate surface area is 166 Å². The van der Waals surface area contributed by atoms with Crippen LogP contribution in [0.3, 0.4) is 0 Å². The number of para-hydroxylation sites is 1. The molecule has 0 radical (unpaired) electrons. The van der Waals surface area contributed by atoms with Crippen LogP contribution in [0.5, 0.6) is 5.75 Å². The Kier molecular flexibility index (Phi) is 6.32. The smallest absolute Gasteiger partial charge is 0.230 e. The highest BCUT2D eigenvalue weighted by Gasteiger charge is 2.40. The molecule has 0 aromatic heterocycles. The highest BCUT2D eigenvalue weighted by molar-refractivity contribution is 5.90. The molecule has 0 aliphatic rings. The van der Waals surface area contributed by atoms with Crippen molar-refractivity contribution in [2.45, 2.75) is 25.2 Å². The first-order chi connectivity index (χ1) is 13.6. The molecule has 3 rings (SSSR count). The summed E-state index contributed by atoms with van der Waals surface area (Å²) in [4.78, 5) is 13.1. The number of ether oxygens (including phenoxy) is 1. The quantitative estimate of drug-likeness (QED) is 0.627. The van der Waals surface area contributed by atoms with E-state index in [1.807, 2.05) is 43.3 Å². The molecule has 1 unspecified atom stereocenters. The Bertz CT molecular complexity index is 953. The molecule has 0 aliphatic heterocycles. The average Bonchev–Trinajstić information content (AvgIpc) is 2.75. The zero-order valence-electron chi connectivity index (χ0n) is 16.4. The van der Waals surface area contributed by atoms with E-state index in [1.165, 1.54) is 5.39 Å². The van der Waals surface area contributed by atoms with Gasteiger partial charge >= 0.3 is 0 Å². The fraction of sp³-hybridized carbons (Fsp3) is 0.292. The van der Waals surface area contributed by atoms with Crippen molar-refractivity contribution >= 4 is 16.7 Å². The summed E-state index contributed by atoms with van der Waals surface area (Å²) in [5, 5.41) is 14.4. The number of amides is 1. The van der Waals surface area contributed by atoms with Gasteiger partial charge in [-0.25, -0.2) is 0 Å². The summed E-state index contributed by atoms with van der Waals surface area (Å²) in [6.07, 6.45) is 1.19. The van der Waals surface area contributed by atoms with Crippen molar-refractivity contribution in [3.8, 4) is 5.75 Å². The number of aliphatic hydroxyl groups is 1. The van der Waals surface area contributed by atoms with Gasteiger partial charge in [0.1, 0.15) is 12.4 Å². The van der Waals surface area contributed by atoms with Crippen LogP contribution in [0.15, 0.2) is 66.7 Å². The van der Waals surface area contributed by atoms with Crippen molar-refractivity contribution in [2.24, 2.45) is 0 Å². The number of nitrogens with one attached hydrogen (secondary N) is 1. The maximum absolute atomic E-state index is 13.1. The molecule has 4 nitrogen and oxygen atoms in total. The van der Waals surface area contributed by atoms with Crippen LogP contribution in [-0.2, 0) is 16.6 Å². The topological polar surface area (TPSA) is 58.6 Å². The molecule has 146 valence electrons. The number of carbonyl (C=O) groups is 1. The van der Waals surface area contributed by atoms with Crippen LogP contribution >= 0.6 is 0 Å². The lowest BCUT2D eigenvalue weighted by Gasteiger charge is -2.33. The van der Waals surface area contributed by atoms with Crippen LogP contribution in [0, 0.1) is 0 Å². The summed E-state index contributed by atoms with van der Waals surface area (Å²) in [6, 6.07) is 22.2. The summed E-state index contributed by atoms with van der Waals surface area (Å²) in [5.41, 5.74) is 1.18. The molecular weight excluding hydrogens is 350 g/mol. The Morgan fingerprint density at radius 2 is 1.75 bits per heavy atom. The molecule has 0 aliphatic carbocycles. The number of benzene rings is 3. The Hall–Kier alpha value is -2.85. The summed E-state index contributed by atoms with van der Waals surface area (Å²) >= 11 is 0. The zero-order chi connectivity index (χ0) is 20.0. The predicted molar refractivity (Wildman–Crippen MR) is 113 cm³/mol. The molecule has 3 aromatic carbocycles. The fourth-order valence-corrected chi connectivity index (χ4v) is 3.85. The van der Waals surface area contributed by atoms with Crippen molar-refractivity contribution in [1.29, 1.82) is 0 Å². The minimum absolute atomic E-state index is 0.0387. The molecule has 0 heterocycles. The van der Waals surface area contributed by atoms with Crippen molar-refractivity contribution in [2.75, 3.05) is 20.3 Å². The molecule has 0 saturated carbocycles. The van der Waals surface area contributed by atoms with Crippen LogP contribution in [-0.4, -0.2) is 31.3 Å². The molecule has 3 aromatic rings. The van der Waals surface area contributed by atoms with Gasteiger partial charge in [-0.05, 0) is 35.2 Å². The van der Waals surface area contributed by atoms with E-state index in [0.717, 1.165) is 16.5 Å². The number of carbonyl (C=O) groups excluding carboxylic acids is 1. The number of aliphatic hydroxyl groups excluding tert-OH is 1. The molecule has 4 heteroatoms. The van der Waals surface area contributed by atoms with E-state index < -0.39 is 5.41 Å². The molecule has 1 atom stereocenters. The Balaban J connectivity index is 2.09. The van der Waals surface area contributed by atoms with Crippen molar-refractivity contribution < 1.29 is 14.6 Å². The Morgan fingerprint density at radius 3 is 2.46 bits per heavy atom. The van der Waals surface area contributed by atoms with Gasteiger partial charge in [-0.1, -0.05) is 67.6 Å². The first-order valence-electron chi connectivity index (χ1n) is 9.67. The van der Waals surface area contributed by atoms with Crippen molar-refractivity contribution in [3.05, 3.63) is 77.9 Å². The number of likely N-dealkylation sites (N-methyl/N-ethyl adjacent to an activating group) is 1. The molecule has 0 saturated heterocycles. The second-order valence-corrected chi connectivity index (χ2v) is 6.94. The van der Waals surface area contributed by atoms with Crippen LogP contribution in [0.1, 0.15) is 24.5 Å². The van der Waals surface area contributed by atoms with Gasteiger partial charge in [0.15, 0.2) is 0 Å². The zero-order valence-corrected chi connectivity index (χ0v) is 16.4. The lowest BCUT2D eigenvalue weighted by atomic mass is 9.72. The van der Waals surface area contributed by atoms with Gasteiger partial charge in [-0.2, -0.15) is 0 Å². The SMILES string of the molecule is CCC(Cc1ccc2ccccc2c1)(C(=O)NC)c1ccccc1OCCO. The normalized spacial score (nSPS) is 13.1. The maximum Gasteiger partial charge on any atom is 0.230 e. The van der Waals surface area contributed by atoms with Gasteiger partial charge in [0.25, 0.3) is 0 Å². The van der Waals surface area contributed by atoms with Crippen molar-refractivity contribution in [3.63, 3.8) is 0 Å². The molecular formula is C24H27NO3. The third kappa shape index (κ3) is 3.87. The summed E-state index contributed by atoms with van der Waals surface area (Å²) < 4.78 is 5.77. The van der Waals surface area contributed by atoms with E-state index in [0.29, 0.717) is 18.6 Å². The Morgan fingerprint density at radius 1 is 1.04 bits per heavy atom. The molecule has 1 amide bonds. The van der Waals surface area contributed by atoms with Gasteiger partial charge < -0.3 is 15.2 Å². The van der Waals surface area contributed by atoms with Gasteiger partial charge in [0.2, 0.25) is 5.91 Å². The third-order valence-electron chi connectivity index (χ3n) is 5.34. The van der Waals surface area contributed by atoms with Gasteiger partial charge in [-0.3, -0.25) is 4.79 Å². The minimum atomic E-state index is -0.761. The van der Waals surface area contributed by atoms with E-state index in [4.69, 9.17) is 9.84 Å². The summed E-state index contributed by atoms with van der Waals surface area (Å²) in [6.45, 7) is 2.15. The number of hydrogen-bond acceptors (Lipinski definition) is 3. The predicted octanol–water partition coefficient (Wildman–Crippen LogP) is 3.85. The molecule has 0 bridgehead atoms. The number of fused-ring (bicyclic) bond motifs is 1. The second-order valence-electron chi connectivity index (χ2n) is 6.94. The van der Waals surface area contributed by atoms with Gasteiger partial charge in [-0.15, -0.1) is 0 Å². The molecule has 0 spiro atoms. The average molecular weight is 377 g/mol. The molecule has 28 heavy (non-hydrogen) atoms. The van der Waals surface area contributed by atoms with Gasteiger partial charge in [0.05, 0.1) is 12.0 Å². The fourth-order valence-electron chi connectivity index (χ4n) is 3.85. The minimum Gasteiger partial charge on any atom is -0.491 e. The van der Waals surface area contributed by atoms with Crippen LogP contribution in [0.4, 0.5) is 0 Å². The van der Waals surface area contributed by atoms with E-state index in [9.17, 15) is 4.79 Å². The first-order valence-corrected chi connectivity index (χ1v) is 9.67. The number of hydrogen-bond donors (Lipinski definition) is 2. The van der Waals surface area contributed by atoms with E-state index in [-0.39, 0.29) is 19.1 Å². The van der Waals surface area contributed by atoms with Crippen LogP contribution in [0.2, 0.25) is 0 Å². The van der Waals surface area contributed by atoms with E-state index >= 15 is 0 Å². The van der Waals surface area contributed by atoms with Crippen LogP contribution in [0.25, 0.3) is 10.8 Å². The summed E-state index contributed by atoms with van der Waals surface area (Å²) in [5.74, 6) is 0.603. The second kappa shape index (κ2) is 8.89. The van der Waals surface area contributed by atoms with E-state index in [1.54, 1.807) is 7.05 Å². The first kappa shape index (κ1) is 19.9. The van der Waals surface area contributed by atoms with Crippen molar-refractivity contribution in [1.82, 2.24) is 5.32 Å². The molecule has 2 N–H and O–H groups in total. The lowest BCUT2D eigenvalue weighted by Crippen LogP contribution is -2.44. The number of rotatable bonds is 8. The molecule has 0 fully saturated rings. The largest absolute Gasteiger partial charge is 0.491 e. The highest BCUT2D eigenvalue weighted by Crippen LogP contribution is 2.38. The van der Waals surface area contributed by atoms with E-state index in [2.05, 4.69) is 35.6 Å². The standard InChI is InChI=1S/C24H27NO3/c1-3-24(23(27)25-2,21-10-6-7-11-22(21)28-15-14-26)17-18-12-13-19-8-4-5-9-20(19)16-18/h4-13,16,26H,3,14-15,17H2,1-2H3,(H,25,27). The van der Waals surface area contributed by atoms with Gasteiger partial charge in [0, 0.05) is 12.6 Å². The maximum atomic E-state index is 13.1. The lowest BCUT2D eigenvalue weighted by molar-refractivity contribution is -0.126. The third-order valence-corrected chi connectivity index (χ3v) is 5.34. The highest BCUT2D eigenvalue weighted by atomic mass is 16.5. The summed E-state index contributed by atoms with van der Waals surface area (Å²) in [7, 11) is 1.67. The van der Waals surface area contributed by atoms with Crippen LogP contribution < -0.4 is 10.1 Å².